The highest BCUT2D eigenvalue weighted by Gasteiger charge is 2.25. The summed E-state index contributed by atoms with van der Waals surface area (Å²) >= 11 is 0. The van der Waals surface area contributed by atoms with Crippen LogP contribution in [-0.2, 0) is 0 Å². The minimum Gasteiger partial charge on any atom is -0.379 e. The van der Waals surface area contributed by atoms with Gasteiger partial charge in [-0.25, -0.2) is 9.78 Å². The predicted molar refractivity (Wildman–Crippen MR) is 117 cm³/mol. The highest BCUT2D eigenvalue weighted by molar-refractivity contribution is 5.91. The molecule has 1 N–H and O–H groups in total. The van der Waals surface area contributed by atoms with Crippen molar-refractivity contribution in [3.8, 4) is 0 Å². The fraction of sp³-hybridized carbons (Fsp3) is 0.391. The number of aromatic nitrogens is 2. The van der Waals surface area contributed by atoms with E-state index in [0.29, 0.717) is 19.1 Å². The van der Waals surface area contributed by atoms with Gasteiger partial charge < -0.3 is 15.1 Å². The molecule has 3 aromatic rings. The summed E-state index contributed by atoms with van der Waals surface area (Å²) in [5.74, 6) is 1.01. The van der Waals surface area contributed by atoms with Gasteiger partial charge in [0.2, 0.25) is 0 Å². The lowest BCUT2D eigenvalue weighted by molar-refractivity contribution is 0.197. The van der Waals surface area contributed by atoms with Gasteiger partial charge in [-0.1, -0.05) is 31.0 Å². The number of nitrogens with zero attached hydrogens (tertiary/aromatic N) is 4. The molecule has 1 saturated carbocycles. The average Bonchev–Trinajstić information content (AvgIpc) is 3.44. The van der Waals surface area contributed by atoms with Gasteiger partial charge in [-0.15, -0.1) is 0 Å². The molecular formula is C23H27N5O. The summed E-state index contributed by atoms with van der Waals surface area (Å²) in [4.78, 5) is 22.0. The van der Waals surface area contributed by atoms with Gasteiger partial charge in [0.05, 0.1) is 11.2 Å². The van der Waals surface area contributed by atoms with Gasteiger partial charge in [0, 0.05) is 50.0 Å². The number of carbonyl (C=O) groups is 1. The number of hydrogen-bond acceptors (Lipinski definition) is 4. The Hall–Kier alpha value is -3.02. The maximum atomic E-state index is 13.1. The van der Waals surface area contributed by atoms with E-state index in [2.05, 4.69) is 21.3 Å². The fourth-order valence-corrected chi connectivity index (χ4v) is 4.56. The van der Waals surface area contributed by atoms with E-state index in [-0.39, 0.29) is 6.03 Å². The lowest BCUT2D eigenvalue weighted by Gasteiger charge is -2.36. The van der Waals surface area contributed by atoms with Gasteiger partial charge in [-0.05, 0) is 37.1 Å². The van der Waals surface area contributed by atoms with Crippen LogP contribution in [0.25, 0.3) is 10.9 Å². The van der Waals surface area contributed by atoms with Gasteiger partial charge in [0.15, 0.2) is 5.82 Å². The lowest BCUT2D eigenvalue weighted by atomic mass is 10.2. The molecule has 0 atom stereocenters. The maximum Gasteiger partial charge on any atom is 0.328 e. The van der Waals surface area contributed by atoms with Crippen molar-refractivity contribution in [3.63, 3.8) is 0 Å². The van der Waals surface area contributed by atoms with E-state index in [9.17, 15) is 4.79 Å². The predicted octanol–water partition coefficient (Wildman–Crippen LogP) is 4.18. The smallest absolute Gasteiger partial charge is 0.328 e. The Kier molecular flexibility index (Phi) is 4.84. The zero-order chi connectivity index (χ0) is 19.6. The average molecular weight is 390 g/mol. The molecule has 3 heterocycles. The van der Waals surface area contributed by atoms with E-state index in [1.807, 2.05) is 53.7 Å². The quantitative estimate of drug-likeness (QED) is 0.730. The summed E-state index contributed by atoms with van der Waals surface area (Å²) < 4.78 is 1.76. The second-order valence-electron chi connectivity index (χ2n) is 8.00. The summed E-state index contributed by atoms with van der Waals surface area (Å²) in [5.41, 5.74) is 2.09. The number of rotatable bonds is 3. The summed E-state index contributed by atoms with van der Waals surface area (Å²) in [5, 5.41) is 4.79. The Morgan fingerprint density at radius 2 is 1.76 bits per heavy atom. The van der Waals surface area contributed by atoms with E-state index < -0.39 is 0 Å². The monoisotopic (exact) mass is 389 g/mol. The van der Waals surface area contributed by atoms with Crippen LogP contribution < -0.4 is 10.2 Å². The first-order valence-electron chi connectivity index (χ1n) is 10.6. The molecule has 1 aliphatic heterocycles. The first kappa shape index (κ1) is 18.0. The number of piperazine rings is 1. The number of carbonyl (C=O) groups excluding carboxylic acids is 1. The molecular weight excluding hydrogens is 362 g/mol. The molecule has 1 aliphatic carbocycles. The van der Waals surface area contributed by atoms with Crippen LogP contribution >= 0.6 is 0 Å². The molecule has 1 aromatic carbocycles. The second kappa shape index (κ2) is 7.78. The molecule has 1 amide bonds. The van der Waals surface area contributed by atoms with Crippen molar-refractivity contribution in [1.29, 1.82) is 0 Å². The summed E-state index contributed by atoms with van der Waals surface area (Å²) in [6, 6.07) is 14.7. The summed E-state index contributed by atoms with van der Waals surface area (Å²) in [6.45, 7) is 2.98. The standard InChI is InChI=1S/C23H27N5O/c29-23(28-13-11-18-6-1-4-10-21(18)28)27-16-14-26(15-17-27)22-20(9-5-12-24-22)25-19-7-2-3-8-19/h1,4-6,9-13,19,25H,2-3,7-8,14-17H2. The van der Waals surface area contributed by atoms with Gasteiger partial charge in [0.1, 0.15) is 0 Å². The molecule has 1 saturated heterocycles. The molecule has 2 fully saturated rings. The van der Waals surface area contributed by atoms with E-state index >= 15 is 0 Å². The van der Waals surface area contributed by atoms with Crippen molar-refractivity contribution >= 4 is 28.4 Å². The number of benzene rings is 1. The Labute approximate surface area is 171 Å². The van der Waals surface area contributed by atoms with Crippen LogP contribution in [0.5, 0.6) is 0 Å². The van der Waals surface area contributed by atoms with Crippen molar-refractivity contribution < 1.29 is 4.79 Å². The van der Waals surface area contributed by atoms with Crippen LogP contribution in [0, 0.1) is 0 Å². The normalized spacial score (nSPS) is 17.8. The van der Waals surface area contributed by atoms with E-state index in [0.717, 1.165) is 35.5 Å². The van der Waals surface area contributed by atoms with Crippen LogP contribution in [0.3, 0.4) is 0 Å². The van der Waals surface area contributed by atoms with Crippen LogP contribution in [0.15, 0.2) is 54.9 Å². The highest BCUT2D eigenvalue weighted by Crippen LogP contribution is 2.28. The lowest BCUT2D eigenvalue weighted by Crippen LogP contribution is -2.50. The number of pyridine rings is 1. The third-order valence-corrected chi connectivity index (χ3v) is 6.16. The molecule has 0 bridgehead atoms. The molecule has 150 valence electrons. The van der Waals surface area contributed by atoms with Crippen molar-refractivity contribution in [2.24, 2.45) is 0 Å². The van der Waals surface area contributed by atoms with E-state index in [4.69, 9.17) is 0 Å². The zero-order valence-corrected chi connectivity index (χ0v) is 16.6. The third-order valence-electron chi connectivity index (χ3n) is 6.16. The maximum absolute atomic E-state index is 13.1. The van der Waals surface area contributed by atoms with Crippen LogP contribution in [-0.4, -0.2) is 52.7 Å². The first-order valence-corrected chi connectivity index (χ1v) is 10.6. The number of amides is 1. The minimum atomic E-state index is 0.0520. The molecule has 6 heteroatoms. The topological polar surface area (TPSA) is 53.4 Å². The molecule has 29 heavy (non-hydrogen) atoms. The van der Waals surface area contributed by atoms with E-state index in [1.54, 1.807) is 4.57 Å². The first-order chi connectivity index (χ1) is 14.3. The number of fused-ring (bicyclic) bond motifs is 1. The van der Waals surface area contributed by atoms with Crippen LogP contribution in [0.2, 0.25) is 0 Å². The number of anilines is 2. The number of nitrogens with one attached hydrogen (secondary N) is 1. The summed E-state index contributed by atoms with van der Waals surface area (Å²) in [7, 11) is 0. The molecule has 2 aromatic heterocycles. The second-order valence-corrected chi connectivity index (χ2v) is 8.00. The van der Waals surface area contributed by atoms with Crippen molar-refractivity contribution in [2.75, 3.05) is 36.4 Å². The van der Waals surface area contributed by atoms with Crippen LogP contribution in [0.4, 0.5) is 16.3 Å². The van der Waals surface area contributed by atoms with Gasteiger partial charge in [-0.3, -0.25) is 4.57 Å². The number of hydrogen-bond donors (Lipinski definition) is 1. The molecule has 0 unspecified atom stereocenters. The third kappa shape index (κ3) is 3.55. The fourth-order valence-electron chi connectivity index (χ4n) is 4.56. The SMILES string of the molecule is O=C(N1CCN(c2ncccc2NC2CCCC2)CC1)n1ccc2ccccc21. The molecule has 5 rings (SSSR count). The molecule has 2 aliphatic rings. The molecule has 0 spiro atoms. The van der Waals surface area contributed by atoms with Gasteiger partial charge in [-0.2, -0.15) is 0 Å². The van der Waals surface area contributed by atoms with Crippen molar-refractivity contribution in [2.45, 2.75) is 31.7 Å². The molecule has 0 radical (unpaired) electrons. The Balaban J connectivity index is 1.28. The Bertz CT molecular complexity index is 999. The largest absolute Gasteiger partial charge is 0.379 e. The minimum absolute atomic E-state index is 0.0520. The zero-order valence-electron chi connectivity index (χ0n) is 16.6. The van der Waals surface area contributed by atoms with Gasteiger partial charge >= 0.3 is 6.03 Å². The number of para-hydroxylation sites is 1. The Morgan fingerprint density at radius 3 is 2.59 bits per heavy atom. The summed E-state index contributed by atoms with van der Waals surface area (Å²) in [6.07, 6.45) is 8.83. The van der Waals surface area contributed by atoms with Crippen molar-refractivity contribution in [1.82, 2.24) is 14.5 Å². The van der Waals surface area contributed by atoms with Crippen molar-refractivity contribution in [3.05, 3.63) is 54.9 Å². The molecule has 6 nitrogen and oxygen atoms in total. The van der Waals surface area contributed by atoms with Crippen LogP contribution in [0.1, 0.15) is 25.7 Å². The van der Waals surface area contributed by atoms with Gasteiger partial charge in [0.25, 0.3) is 0 Å². The Morgan fingerprint density at radius 1 is 0.966 bits per heavy atom. The van der Waals surface area contributed by atoms with E-state index in [1.165, 1.54) is 25.7 Å². The highest BCUT2D eigenvalue weighted by atomic mass is 16.2.